The van der Waals surface area contributed by atoms with Crippen molar-refractivity contribution >= 4 is 41.2 Å². The molecule has 0 bridgehead atoms. The average molecular weight is 1520 g/mol. The van der Waals surface area contributed by atoms with Gasteiger partial charge in [0.05, 0.1) is 39.1 Å². The number of ether oxygens (including phenoxy) is 6. The molecule has 5 aromatic carbocycles. The van der Waals surface area contributed by atoms with Gasteiger partial charge in [0.15, 0.2) is 34.5 Å². The van der Waals surface area contributed by atoms with E-state index in [0.717, 1.165) is 173 Å². The second-order valence-electron chi connectivity index (χ2n) is 30.3. The number of carbonyl (C=O) groups is 3. The maximum absolute atomic E-state index is 12.3. The zero-order valence-electron chi connectivity index (χ0n) is 66.3. The molecule has 0 aliphatic carbocycles. The number of benzene rings is 5. The molecule has 4 aliphatic heterocycles. The second-order valence-corrected chi connectivity index (χ2v) is 30.3. The minimum atomic E-state index is -0.531. The number of aromatic nitrogens is 3. The third-order valence-electron chi connectivity index (χ3n) is 19.7. The van der Waals surface area contributed by atoms with Gasteiger partial charge < -0.3 is 79.3 Å². The number of aromatic hydroxyl groups is 3. The number of rotatable bonds is 26. The molecule has 4 saturated heterocycles. The molecule has 111 heavy (non-hydrogen) atoms. The molecule has 12 rings (SSSR count). The molecule has 0 atom stereocenters. The van der Waals surface area contributed by atoms with E-state index in [1.54, 1.807) is 52.5 Å². The number of methoxy groups -OCH3 is 3. The Morgan fingerprint density at radius 1 is 0.441 bits per heavy atom. The maximum atomic E-state index is 12.3. The molecule has 4 fully saturated rings. The predicted octanol–water partition coefficient (Wildman–Crippen LogP) is 12.1. The molecule has 594 valence electrons. The number of pyridine rings is 3. The molecule has 0 saturated carbocycles. The Bertz CT molecular complexity index is 4220. The predicted molar refractivity (Wildman–Crippen MR) is 433 cm³/mol. The van der Waals surface area contributed by atoms with Gasteiger partial charge in [-0.05, 0) is 205 Å². The van der Waals surface area contributed by atoms with E-state index in [4.69, 9.17) is 28.4 Å². The number of piperazine rings is 3. The van der Waals surface area contributed by atoms with Gasteiger partial charge in [0.25, 0.3) is 0 Å². The number of piperidine rings is 1. The van der Waals surface area contributed by atoms with Crippen molar-refractivity contribution in [3.05, 3.63) is 208 Å². The molecule has 8 aromatic rings. The number of likely N-dealkylation sites (tertiary alicyclic amines) is 1. The van der Waals surface area contributed by atoms with Crippen molar-refractivity contribution in [3.8, 4) is 34.5 Å². The van der Waals surface area contributed by atoms with Crippen molar-refractivity contribution < 1.29 is 58.1 Å². The molecule has 25 nitrogen and oxygen atoms in total. The number of esters is 2. The van der Waals surface area contributed by atoms with Crippen molar-refractivity contribution in [2.45, 2.75) is 118 Å². The van der Waals surface area contributed by atoms with Crippen LogP contribution in [0, 0.1) is 5.92 Å². The number of anilines is 4. The number of carbonyl (C=O) groups excluding carboxylic acids is 3. The van der Waals surface area contributed by atoms with Gasteiger partial charge in [-0.2, -0.15) is 0 Å². The lowest BCUT2D eigenvalue weighted by molar-refractivity contribution is 0.00680. The third kappa shape index (κ3) is 25.3. The van der Waals surface area contributed by atoms with Gasteiger partial charge in [0.2, 0.25) is 0 Å². The van der Waals surface area contributed by atoms with Crippen molar-refractivity contribution in [1.82, 2.24) is 45.2 Å². The molecule has 7 heterocycles. The molecule has 1 amide bonds. The van der Waals surface area contributed by atoms with E-state index in [9.17, 15) is 29.7 Å². The van der Waals surface area contributed by atoms with Crippen LogP contribution in [0.1, 0.15) is 121 Å². The first-order valence-corrected chi connectivity index (χ1v) is 38.5. The van der Waals surface area contributed by atoms with Gasteiger partial charge >= 0.3 is 18.0 Å². The quantitative estimate of drug-likeness (QED) is 0.0217. The minimum absolute atomic E-state index is 0.181. The summed E-state index contributed by atoms with van der Waals surface area (Å²) in [5.41, 5.74) is 7.72. The van der Waals surface area contributed by atoms with Gasteiger partial charge in [0.1, 0.15) is 28.7 Å². The first-order valence-electron chi connectivity index (χ1n) is 38.5. The van der Waals surface area contributed by atoms with Crippen LogP contribution in [0.4, 0.5) is 27.9 Å². The highest BCUT2D eigenvalue weighted by Crippen LogP contribution is 2.37. The molecular formula is C86H113N13O12. The smallest absolute Gasteiger partial charge is 0.410 e. The van der Waals surface area contributed by atoms with Crippen LogP contribution in [0.3, 0.4) is 0 Å². The number of phenols is 3. The highest BCUT2D eigenvalue weighted by atomic mass is 16.6. The topological polar surface area (TPSA) is 265 Å². The Balaban J connectivity index is 0.000000177. The van der Waals surface area contributed by atoms with E-state index in [-0.39, 0.29) is 35.3 Å². The van der Waals surface area contributed by atoms with Gasteiger partial charge in [-0.3, -0.25) is 14.7 Å². The Hall–Kier alpha value is -10.4. The van der Waals surface area contributed by atoms with Crippen LogP contribution in [0.15, 0.2) is 158 Å². The van der Waals surface area contributed by atoms with E-state index in [1.165, 1.54) is 0 Å². The van der Waals surface area contributed by atoms with Crippen molar-refractivity contribution in [2.75, 3.05) is 146 Å². The van der Waals surface area contributed by atoms with Crippen LogP contribution in [0.25, 0.3) is 0 Å². The second kappa shape index (κ2) is 40.5. The van der Waals surface area contributed by atoms with Gasteiger partial charge in [-0.1, -0.05) is 30.3 Å². The van der Waals surface area contributed by atoms with Crippen LogP contribution in [0.5, 0.6) is 34.5 Å². The van der Waals surface area contributed by atoms with Crippen molar-refractivity contribution in [1.29, 1.82) is 0 Å². The lowest BCUT2D eigenvalue weighted by Crippen LogP contribution is -2.46. The van der Waals surface area contributed by atoms with E-state index >= 15 is 0 Å². The fourth-order valence-corrected chi connectivity index (χ4v) is 13.7. The summed E-state index contributed by atoms with van der Waals surface area (Å²) < 4.78 is 32.4. The molecule has 0 radical (unpaired) electrons. The molecule has 0 unspecified atom stereocenters. The number of nitrogens with one attached hydrogen (secondary N) is 3. The fraction of sp³-hybridized carbons (Fsp3) is 0.442. The van der Waals surface area contributed by atoms with Gasteiger partial charge in [-0.25, -0.2) is 29.3 Å². The normalized spacial score (nSPS) is 15.3. The van der Waals surface area contributed by atoms with Gasteiger partial charge in [-0.15, -0.1) is 0 Å². The maximum Gasteiger partial charge on any atom is 0.410 e. The SMILES string of the molecule is CCOC(=O)c1ccc(CNCc2cc(CN3CCN(c4ccccn4)CC3)c(O)c(OC)c2)cc1.COc1cc(CNCC2CCN(C(=O)OC(C)(C)C)CC2)cc(CN2CCN(c3ccccn3)CC2)c1O.COc1cc(CNc2ccc(C(=O)OC(C)(C)C)cc2)cc(CN2CCN(c3ccccn3)CC2)c1O. The summed E-state index contributed by atoms with van der Waals surface area (Å²) in [5.74, 6) is 4.94. The first-order chi connectivity index (χ1) is 53.5. The molecular weight excluding hydrogens is 1410 g/mol. The molecule has 6 N–H and O–H groups in total. The van der Waals surface area contributed by atoms with Crippen LogP contribution in [-0.2, 0) is 60.0 Å². The summed E-state index contributed by atoms with van der Waals surface area (Å²) in [6.45, 7) is 30.9. The third-order valence-corrected chi connectivity index (χ3v) is 19.7. The number of hydrogen-bond acceptors (Lipinski definition) is 24. The lowest BCUT2D eigenvalue weighted by Gasteiger charge is -2.35. The summed E-state index contributed by atoms with van der Waals surface area (Å²) in [6.07, 6.45) is 7.18. The summed E-state index contributed by atoms with van der Waals surface area (Å²) >= 11 is 0. The van der Waals surface area contributed by atoms with Crippen LogP contribution >= 0.6 is 0 Å². The summed E-state index contributed by atoms with van der Waals surface area (Å²) in [7, 11) is 4.74. The van der Waals surface area contributed by atoms with Crippen LogP contribution < -0.4 is 44.9 Å². The van der Waals surface area contributed by atoms with Crippen LogP contribution in [-0.4, -0.2) is 205 Å². The monoisotopic (exact) mass is 1520 g/mol. The van der Waals surface area contributed by atoms with Gasteiger partial charge in [0, 0.05) is 178 Å². The zero-order chi connectivity index (χ0) is 78.9. The number of hydrogen-bond donors (Lipinski definition) is 6. The zero-order valence-corrected chi connectivity index (χ0v) is 66.3. The molecule has 0 spiro atoms. The average Bonchev–Trinajstić information content (AvgIpc) is 0.826. The highest BCUT2D eigenvalue weighted by molar-refractivity contribution is 5.90. The Labute approximate surface area is 654 Å². The van der Waals surface area contributed by atoms with Crippen molar-refractivity contribution in [3.63, 3.8) is 0 Å². The molecule has 25 heteroatoms. The number of phenolic OH excluding ortho intramolecular Hbond substituents is 3. The Morgan fingerprint density at radius 3 is 1.20 bits per heavy atom. The highest BCUT2D eigenvalue weighted by Gasteiger charge is 2.29. The standard InChI is InChI=1S/C29H43N5O4.C29H36N4O4.C28H34N4O4/c1-29(2,3)38-28(36)34-11-8-22(9-12-34)19-30-20-23-17-24(27(35)25(18-23)37-4)21-32-13-15-33(16-14-32)26-7-5-6-10-31-26;1-29(2,3)37-28(35)22-8-10-24(11-9-22)31-19-21-17-23(27(34)25(18-21)36-4)20-32-13-15-33(16-14-32)26-7-5-6-12-30-26;1-3-36-28(34)23-9-7-21(8-10-23)18-29-19-22-16-24(27(33)25(17-22)35-2)20-31-12-14-32(15-13-31)26-6-4-5-11-30-26/h5-7,10,17-18,22,30,35H,8-9,11-16,19-21H2,1-4H3;5-12,17-18,31,34H,13-16,19-20H2,1-4H3;4-11,16-17,29,33H,3,12-15,18-20H2,1-2H3. The number of amides is 1. The largest absolute Gasteiger partial charge is 0.504 e. The molecule has 4 aliphatic rings. The molecule has 3 aromatic heterocycles. The summed E-state index contributed by atoms with van der Waals surface area (Å²) in [6, 6.07) is 44.4. The minimum Gasteiger partial charge on any atom is -0.504 e. The van der Waals surface area contributed by atoms with Crippen molar-refractivity contribution in [2.24, 2.45) is 5.92 Å². The first kappa shape index (κ1) is 83.0. The van der Waals surface area contributed by atoms with E-state index in [0.29, 0.717) is 86.7 Å². The van der Waals surface area contributed by atoms with E-state index in [1.807, 2.05) is 174 Å². The Kier molecular flexibility index (Phi) is 30.3. The fourth-order valence-electron chi connectivity index (χ4n) is 13.7. The summed E-state index contributed by atoms with van der Waals surface area (Å²) in [4.78, 5) is 65.5. The van der Waals surface area contributed by atoms with Crippen LogP contribution in [0.2, 0.25) is 0 Å². The lowest BCUT2D eigenvalue weighted by atomic mass is 9.97. The van der Waals surface area contributed by atoms with E-state index < -0.39 is 11.2 Å². The Morgan fingerprint density at radius 2 is 0.820 bits per heavy atom. The number of nitrogens with zero attached hydrogens (tertiary/aromatic N) is 10. The van der Waals surface area contributed by atoms with E-state index in [2.05, 4.69) is 66.4 Å². The summed E-state index contributed by atoms with van der Waals surface area (Å²) in [5, 5.41) is 42.8.